The third kappa shape index (κ3) is 4.28. The summed E-state index contributed by atoms with van der Waals surface area (Å²) in [4.78, 5) is 22.0. The number of ether oxygens (including phenoxy) is 1. The maximum Gasteiger partial charge on any atom is 0.412 e. The van der Waals surface area contributed by atoms with Crippen LogP contribution in [0.15, 0.2) is 51.4 Å². The van der Waals surface area contributed by atoms with Crippen molar-refractivity contribution in [1.82, 2.24) is 0 Å². The van der Waals surface area contributed by atoms with E-state index in [4.69, 9.17) is 4.74 Å². The van der Waals surface area contributed by atoms with Gasteiger partial charge in [-0.25, -0.2) is 4.79 Å². The summed E-state index contributed by atoms with van der Waals surface area (Å²) < 4.78 is 5.85. The Balaban J connectivity index is 2.04. The van der Waals surface area contributed by atoms with Crippen molar-refractivity contribution in [2.45, 2.75) is 6.61 Å². The lowest BCUT2D eigenvalue weighted by Gasteiger charge is -2.10. The third-order valence-corrected chi connectivity index (χ3v) is 3.93. The van der Waals surface area contributed by atoms with Gasteiger partial charge in [-0.3, -0.25) is 15.4 Å². The monoisotopic (exact) mass is 428 g/mol. The maximum absolute atomic E-state index is 11.8. The van der Waals surface area contributed by atoms with Crippen molar-refractivity contribution in [1.29, 1.82) is 0 Å². The molecule has 0 aromatic heterocycles. The molecule has 114 valence electrons. The summed E-state index contributed by atoms with van der Waals surface area (Å²) in [5.41, 5.74) is 1.13. The van der Waals surface area contributed by atoms with Gasteiger partial charge in [-0.05, 0) is 37.4 Å². The number of carbonyl (C=O) groups excluding carboxylic acids is 1. The van der Waals surface area contributed by atoms with E-state index in [2.05, 4.69) is 37.2 Å². The van der Waals surface area contributed by atoms with Crippen LogP contribution in [0.4, 0.5) is 16.2 Å². The topological polar surface area (TPSA) is 81.5 Å². The number of nitro groups is 1. The van der Waals surface area contributed by atoms with Gasteiger partial charge in [0.2, 0.25) is 0 Å². The summed E-state index contributed by atoms with van der Waals surface area (Å²) in [6.07, 6.45) is -0.654. The quantitative estimate of drug-likeness (QED) is 0.555. The first-order valence-corrected chi connectivity index (χ1v) is 7.67. The van der Waals surface area contributed by atoms with Crippen molar-refractivity contribution in [3.8, 4) is 0 Å². The first-order valence-electron chi connectivity index (χ1n) is 6.08. The Kier molecular flexibility index (Phi) is 5.51. The van der Waals surface area contributed by atoms with Gasteiger partial charge in [0.1, 0.15) is 6.61 Å². The van der Waals surface area contributed by atoms with E-state index in [1.54, 1.807) is 0 Å². The molecule has 2 rings (SSSR count). The zero-order valence-electron chi connectivity index (χ0n) is 11.1. The van der Waals surface area contributed by atoms with Crippen molar-refractivity contribution >= 4 is 49.3 Å². The fourth-order valence-electron chi connectivity index (χ4n) is 1.65. The molecule has 8 heteroatoms. The normalized spacial score (nSPS) is 10.1. The molecule has 0 heterocycles. The molecule has 0 unspecified atom stereocenters. The Bertz CT molecular complexity index is 684. The van der Waals surface area contributed by atoms with Crippen molar-refractivity contribution in [2.75, 3.05) is 5.32 Å². The van der Waals surface area contributed by atoms with Crippen molar-refractivity contribution in [2.24, 2.45) is 0 Å². The molecule has 0 fully saturated rings. The third-order valence-electron chi connectivity index (χ3n) is 2.68. The number of nitrogens with zero attached hydrogens (tertiary/aromatic N) is 1. The SMILES string of the molecule is O=C(Nc1c(Br)cc([N+](=O)[O-])cc1Br)OCc1ccccc1. The summed E-state index contributed by atoms with van der Waals surface area (Å²) in [6.45, 7) is 0.134. The Morgan fingerprint density at radius 1 is 1.18 bits per heavy atom. The highest BCUT2D eigenvalue weighted by Crippen LogP contribution is 2.35. The number of nitrogens with one attached hydrogen (secondary N) is 1. The molecule has 0 spiro atoms. The van der Waals surface area contributed by atoms with E-state index in [1.807, 2.05) is 30.3 Å². The van der Waals surface area contributed by atoms with Crippen LogP contribution in [0.1, 0.15) is 5.56 Å². The van der Waals surface area contributed by atoms with E-state index in [1.165, 1.54) is 12.1 Å². The van der Waals surface area contributed by atoms with Crippen LogP contribution in [-0.4, -0.2) is 11.0 Å². The van der Waals surface area contributed by atoms with Crippen molar-refractivity contribution in [3.05, 3.63) is 67.1 Å². The molecule has 1 amide bonds. The lowest BCUT2D eigenvalue weighted by Crippen LogP contribution is -2.14. The molecule has 0 radical (unpaired) electrons. The molecule has 6 nitrogen and oxygen atoms in total. The molecule has 0 saturated carbocycles. The smallest absolute Gasteiger partial charge is 0.412 e. The number of non-ortho nitro benzene ring substituents is 1. The van der Waals surface area contributed by atoms with E-state index in [0.29, 0.717) is 14.6 Å². The molecule has 0 aliphatic carbocycles. The molecule has 0 aliphatic heterocycles. The van der Waals surface area contributed by atoms with Gasteiger partial charge in [0.05, 0.1) is 10.6 Å². The van der Waals surface area contributed by atoms with Crippen LogP contribution in [0, 0.1) is 10.1 Å². The number of amides is 1. The Morgan fingerprint density at radius 2 is 1.77 bits per heavy atom. The first-order chi connectivity index (χ1) is 10.5. The van der Waals surface area contributed by atoms with E-state index in [9.17, 15) is 14.9 Å². The lowest BCUT2D eigenvalue weighted by atomic mass is 10.2. The fourth-order valence-corrected chi connectivity index (χ4v) is 3.01. The van der Waals surface area contributed by atoms with Crippen LogP contribution in [0.3, 0.4) is 0 Å². The minimum atomic E-state index is -0.654. The second-order valence-electron chi connectivity index (χ2n) is 4.23. The number of rotatable bonds is 4. The minimum Gasteiger partial charge on any atom is -0.444 e. The van der Waals surface area contributed by atoms with Crippen LogP contribution in [0.5, 0.6) is 0 Å². The summed E-state index contributed by atoms with van der Waals surface area (Å²) in [6, 6.07) is 11.8. The van der Waals surface area contributed by atoms with Crippen LogP contribution in [-0.2, 0) is 11.3 Å². The predicted molar refractivity (Wildman–Crippen MR) is 88.7 cm³/mol. The van der Waals surface area contributed by atoms with Crippen LogP contribution in [0.2, 0.25) is 0 Å². The Morgan fingerprint density at radius 3 is 2.32 bits per heavy atom. The van der Waals surface area contributed by atoms with E-state index in [0.717, 1.165) is 5.56 Å². The standard InChI is InChI=1S/C14H10Br2N2O4/c15-11-6-10(18(20)21)7-12(16)13(11)17-14(19)22-8-9-4-2-1-3-5-9/h1-7H,8H2,(H,17,19). The van der Waals surface area contributed by atoms with Gasteiger partial charge >= 0.3 is 6.09 Å². The van der Waals surface area contributed by atoms with Crippen LogP contribution in [0.25, 0.3) is 0 Å². The molecule has 1 N–H and O–H groups in total. The molecule has 0 aliphatic rings. The number of hydrogen-bond donors (Lipinski definition) is 1. The maximum atomic E-state index is 11.8. The summed E-state index contributed by atoms with van der Waals surface area (Å²) in [5.74, 6) is 0. The minimum absolute atomic E-state index is 0.0954. The molecule has 0 atom stereocenters. The average Bonchev–Trinajstić information content (AvgIpc) is 2.49. The van der Waals surface area contributed by atoms with E-state index >= 15 is 0 Å². The number of nitro benzene ring substituents is 1. The highest BCUT2D eigenvalue weighted by molar-refractivity contribution is 9.11. The lowest BCUT2D eigenvalue weighted by molar-refractivity contribution is -0.385. The Labute approximate surface area is 142 Å². The van der Waals surface area contributed by atoms with Gasteiger partial charge in [-0.1, -0.05) is 30.3 Å². The van der Waals surface area contributed by atoms with Crippen LogP contribution >= 0.6 is 31.9 Å². The highest BCUT2D eigenvalue weighted by atomic mass is 79.9. The van der Waals surface area contributed by atoms with Gasteiger partial charge in [0.25, 0.3) is 5.69 Å². The number of carbonyl (C=O) groups is 1. The zero-order chi connectivity index (χ0) is 16.1. The Hall–Kier alpha value is -1.93. The van der Waals surface area contributed by atoms with Gasteiger partial charge in [-0.15, -0.1) is 0 Å². The molecular formula is C14H10Br2N2O4. The van der Waals surface area contributed by atoms with Crippen molar-refractivity contribution < 1.29 is 14.5 Å². The largest absolute Gasteiger partial charge is 0.444 e. The number of hydrogen-bond acceptors (Lipinski definition) is 4. The second kappa shape index (κ2) is 7.37. The molecule has 22 heavy (non-hydrogen) atoms. The van der Waals surface area contributed by atoms with Crippen LogP contribution < -0.4 is 5.32 Å². The fraction of sp³-hybridized carbons (Fsp3) is 0.0714. The molecule has 2 aromatic carbocycles. The van der Waals surface area contributed by atoms with E-state index < -0.39 is 11.0 Å². The average molecular weight is 430 g/mol. The zero-order valence-corrected chi connectivity index (χ0v) is 14.3. The van der Waals surface area contributed by atoms with E-state index in [-0.39, 0.29) is 12.3 Å². The van der Waals surface area contributed by atoms with Gasteiger partial charge in [-0.2, -0.15) is 0 Å². The molecule has 0 bridgehead atoms. The number of anilines is 1. The molecular weight excluding hydrogens is 420 g/mol. The second-order valence-corrected chi connectivity index (χ2v) is 5.94. The van der Waals surface area contributed by atoms with Gasteiger partial charge in [0.15, 0.2) is 0 Å². The molecule has 2 aromatic rings. The van der Waals surface area contributed by atoms with Gasteiger partial charge in [0, 0.05) is 21.1 Å². The number of halogens is 2. The first kappa shape index (κ1) is 16.4. The summed E-state index contributed by atoms with van der Waals surface area (Å²) in [7, 11) is 0. The predicted octanol–water partition coefficient (Wildman–Crippen LogP) is 4.87. The number of benzene rings is 2. The molecule has 0 saturated heterocycles. The summed E-state index contributed by atoms with van der Waals surface area (Å²) in [5, 5.41) is 13.3. The van der Waals surface area contributed by atoms with Crippen molar-refractivity contribution in [3.63, 3.8) is 0 Å². The summed E-state index contributed by atoms with van der Waals surface area (Å²) >= 11 is 6.37. The van der Waals surface area contributed by atoms with Gasteiger partial charge < -0.3 is 4.74 Å². The highest BCUT2D eigenvalue weighted by Gasteiger charge is 2.16.